The van der Waals surface area contributed by atoms with Crippen LogP contribution in [0.4, 0.5) is 0 Å². The highest BCUT2D eigenvalue weighted by molar-refractivity contribution is 6.12. The van der Waals surface area contributed by atoms with Gasteiger partial charge in [-0.3, -0.25) is 4.79 Å². The number of carbonyl (C=O) groups excluding carboxylic acids is 2. The van der Waals surface area contributed by atoms with E-state index in [-0.39, 0.29) is 11.6 Å². The predicted octanol–water partition coefficient (Wildman–Crippen LogP) is 2.97. The Morgan fingerprint density at radius 2 is 1.78 bits per heavy atom. The van der Waals surface area contributed by atoms with Crippen molar-refractivity contribution in [1.29, 1.82) is 0 Å². The summed E-state index contributed by atoms with van der Waals surface area (Å²) >= 11 is 0. The van der Waals surface area contributed by atoms with Crippen LogP contribution in [0.25, 0.3) is 6.08 Å². The number of cyclic esters (lactones) is 1. The molecule has 0 fully saturated rings. The molecule has 1 heterocycles. The molecule has 0 aromatic heterocycles. The van der Waals surface area contributed by atoms with Crippen molar-refractivity contribution in [3.8, 4) is 17.2 Å². The van der Waals surface area contributed by atoms with Gasteiger partial charge in [0.1, 0.15) is 5.75 Å². The first-order valence-corrected chi connectivity index (χ1v) is 8.03. The van der Waals surface area contributed by atoms with Gasteiger partial charge in [-0.05, 0) is 48.0 Å². The minimum absolute atomic E-state index is 0.156. The third-order valence-electron chi connectivity index (χ3n) is 3.70. The van der Waals surface area contributed by atoms with Crippen molar-refractivity contribution in [2.75, 3.05) is 14.2 Å². The summed E-state index contributed by atoms with van der Waals surface area (Å²) in [6.07, 6.45) is 1.57. The van der Waals surface area contributed by atoms with Gasteiger partial charge in [-0.1, -0.05) is 6.07 Å². The van der Waals surface area contributed by atoms with E-state index < -0.39 is 11.9 Å². The molecule has 0 spiro atoms. The molecule has 0 amide bonds. The Bertz CT molecular complexity index is 943. The van der Waals surface area contributed by atoms with Crippen molar-refractivity contribution in [3.05, 3.63) is 59.3 Å². The second-order valence-electron chi connectivity index (χ2n) is 5.57. The Labute approximate surface area is 155 Å². The monoisotopic (exact) mass is 367 g/mol. The number of carbonyl (C=O) groups is 2. The Kier molecular flexibility index (Phi) is 5.21. The normalized spacial score (nSPS) is 14.6. The van der Waals surface area contributed by atoms with Crippen LogP contribution in [0.5, 0.6) is 17.2 Å². The van der Waals surface area contributed by atoms with Gasteiger partial charge in [0, 0.05) is 12.5 Å². The minimum Gasteiger partial charge on any atom is -0.497 e. The lowest BCUT2D eigenvalue weighted by atomic mass is 10.1. The van der Waals surface area contributed by atoms with E-state index in [1.165, 1.54) is 14.0 Å². The number of nitrogens with zero attached hydrogens (tertiary/aromatic N) is 1. The van der Waals surface area contributed by atoms with Gasteiger partial charge in [0.05, 0.1) is 14.2 Å². The molecule has 0 atom stereocenters. The van der Waals surface area contributed by atoms with E-state index in [2.05, 4.69) is 4.99 Å². The Balaban J connectivity index is 1.88. The second kappa shape index (κ2) is 7.74. The largest absolute Gasteiger partial charge is 0.497 e. The molecule has 2 aromatic carbocycles. The molecule has 2 aromatic rings. The van der Waals surface area contributed by atoms with E-state index in [1.807, 2.05) is 0 Å². The molecule has 3 rings (SSSR count). The fourth-order valence-corrected chi connectivity index (χ4v) is 2.44. The van der Waals surface area contributed by atoms with E-state index in [1.54, 1.807) is 55.7 Å². The number of methoxy groups -OCH3 is 2. The third kappa shape index (κ3) is 4.14. The Morgan fingerprint density at radius 1 is 1.04 bits per heavy atom. The van der Waals surface area contributed by atoms with Gasteiger partial charge in [-0.15, -0.1) is 0 Å². The van der Waals surface area contributed by atoms with Gasteiger partial charge in [0.2, 0.25) is 5.90 Å². The molecular weight excluding hydrogens is 350 g/mol. The maximum atomic E-state index is 12.1. The van der Waals surface area contributed by atoms with Crippen LogP contribution in [-0.4, -0.2) is 32.1 Å². The molecule has 0 saturated heterocycles. The Morgan fingerprint density at radius 3 is 2.41 bits per heavy atom. The molecule has 0 unspecified atom stereocenters. The molecule has 0 N–H and O–H groups in total. The molecule has 1 aliphatic rings. The number of rotatable bonds is 5. The van der Waals surface area contributed by atoms with Crippen molar-refractivity contribution in [2.45, 2.75) is 6.92 Å². The lowest BCUT2D eigenvalue weighted by Gasteiger charge is -2.08. The van der Waals surface area contributed by atoms with Crippen LogP contribution in [0, 0.1) is 0 Å². The number of ether oxygens (including phenoxy) is 4. The highest BCUT2D eigenvalue weighted by Gasteiger charge is 2.24. The van der Waals surface area contributed by atoms with Gasteiger partial charge in [-0.25, -0.2) is 9.79 Å². The zero-order valence-electron chi connectivity index (χ0n) is 15.0. The maximum Gasteiger partial charge on any atom is 0.363 e. The lowest BCUT2D eigenvalue weighted by molar-refractivity contribution is -0.132. The SMILES string of the molecule is COc1ccc(C2=N/C(=C/c3ccc(OC(C)=O)c(OC)c3)C(=O)O2)cc1. The summed E-state index contributed by atoms with van der Waals surface area (Å²) in [7, 11) is 3.03. The zero-order chi connectivity index (χ0) is 19.4. The van der Waals surface area contributed by atoms with Crippen molar-refractivity contribution < 1.29 is 28.5 Å². The zero-order valence-corrected chi connectivity index (χ0v) is 15.0. The number of benzene rings is 2. The molecule has 138 valence electrons. The summed E-state index contributed by atoms with van der Waals surface area (Å²) in [5.74, 6) is 0.571. The third-order valence-corrected chi connectivity index (χ3v) is 3.70. The van der Waals surface area contributed by atoms with Gasteiger partial charge in [0.15, 0.2) is 17.2 Å². The van der Waals surface area contributed by atoms with Crippen LogP contribution >= 0.6 is 0 Å². The van der Waals surface area contributed by atoms with Gasteiger partial charge < -0.3 is 18.9 Å². The van der Waals surface area contributed by atoms with Gasteiger partial charge >= 0.3 is 11.9 Å². The molecule has 0 bridgehead atoms. The number of aliphatic imine (C=N–C) groups is 1. The standard InChI is InChI=1S/C20H17NO6/c1-12(22)26-17-9-4-13(11-18(17)25-3)10-16-20(23)27-19(21-16)14-5-7-15(24-2)8-6-14/h4-11H,1-3H3/b16-10+. The molecular formula is C20H17NO6. The fraction of sp³-hybridized carbons (Fsp3) is 0.150. The Hall–Kier alpha value is -3.61. The van der Waals surface area contributed by atoms with E-state index in [4.69, 9.17) is 18.9 Å². The van der Waals surface area contributed by atoms with E-state index in [0.29, 0.717) is 28.4 Å². The first-order valence-electron chi connectivity index (χ1n) is 8.03. The number of hydrogen-bond donors (Lipinski definition) is 0. The lowest BCUT2D eigenvalue weighted by Crippen LogP contribution is -2.05. The molecule has 0 aliphatic carbocycles. The van der Waals surface area contributed by atoms with Crippen LogP contribution in [0.3, 0.4) is 0 Å². The summed E-state index contributed by atoms with van der Waals surface area (Å²) < 4.78 is 20.6. The average Bonchev–Trinajstić information content (AvgIpc) is 3.03. The van der Waals surface area contributed by atoms with Gasteiger partial charge in [0.25, 0.3) is 0 Å². The van der Waals surface area contributed by atoms with Crippen molar-refractivity contribution in [2.24, 2.45) is 4.99 Å². The topological polar surface area (TPSA) is 83.4 Å². The first kappa shape index (κ1) is 18.2. The van der Waals surface area contributed by atoms with Crippen LogP contribution < -0.4 is 14.2 Å². The number of hydrogen-bond acceptors (Lipinski definition) is 7. The van der Waals surface area contributed by atoms with Crippen LogP contribution in [-0.2, 0) is 14.3 Å². The van der Waals surface area contributed by atoms with Crippen molar-refractivity contribution in [3.63, 3.8) is 0 Å². The van der Waals surface area contributed by atoms with Crippen molar-refractivity contribution in [1.82, 2.24) is 0 Å². The maximum absolute atomic E-state index is 12.1. The number of esters is 2. The molecule has 0 radical (unpaired) electrons. The average molecular weight is 367 g/mol. The van der Waals surface area contributed by atoms with E-state index >= 15 is 0 Å². The van der Waals surface area contributed by atoms with E-state index in [0.717, 1.165) is 0 Å². The summed E-state index contributed by atoms with van der Waals surface area (Å²) in [5, 5.41) is 0. The van der Waals surface area contributed by atoms with E-state index in [9.17, 15) is 9.59 Å². The molecule has 7 nitrogen and oxygen atoms in total. The molecule has 1 aliphatic heterocycles. The summed E-state index contributed by atoms with van der Waals surface area (Å²) in [4.78, 5) is 27.5. The second-order valence-corrected chi connectivity index (χ2v) is 5.57. The van der Waals surface area contributed by atoms with Crippen molar-refractivity contribution >= 4 is 23.9 Å². The minimum atomic E-state index is -0.552. The van der Waals surface area contributed by atoms with Crippen LogP contribution in [0.2, 0.25) is 0 Å². The predicted molar refractivity (Wildman–Crippen MR) is 97.9 cm³/mol. The van der Waals surface area contributed by atoms with Crippen LogP contribution in [0.1, 0.15) is 18.1 Å². The highest BCUT2D eigenvalue weighted by atomic mass is 16.6. The summed E-state index contributed by atoms with van der Waals surface area (Å²) in [6, 6.07) is 11.9. The highest BCUT2D eigenvalue weighted by Crippen LogP contribution is 2.30. The summed E-state index contributed by atoms with van der Waals surface area (Å²) in [5.41, 5.74) is 1.47. The molecule has 27 heavy (non-hydrogen) atoms. The smallest absolute Gasteiger partial charge is 0.363 e. The fourth-order valence-electron chi connectivity index (χ4n) is 2.44. The first-order chi connectivity index (χ1) is 13.0. The quantitative estimate of drug-likeness (QED) is 0.459. The van der Waals surface area contributed by atoms with Crippen LogP contribution in [0.15, 0.2) is 53.2 Å². The molecule has 0 saturated carbocycles. The molecule has 7 heteroatoms. The summed E-state index contributed by atoms with van der Waals surface area (Å²) in [6.45, 7) is 1.30. The van der Waals surface area contributed by atoms with Gasteiger partial charge in [-0.2, -0.15) is 0 Å².